The average molecular weight is 471 g/mol. The van der Waals surface area contributed by atoms with E-state index < -0.39 is 0 Å². The predicted octanol–water partition coefficient (Wildman–Crippen LogP) is 3.93. The highest BCUT2D eigenvalue weighted by Gasteiger charge is 2.21. The van der Waals surface area contributed by atoms with Gasteiger partial charge in [-0.25, -0.2) is 9.78 Å². The number of rotatable bonds is 5. The Labute approximate surface area is 201 Å². The van der Waals surface area contributed by atoms with Gasteiger partial charge in [-0.2, -0.15) is 0 Å². The van der Waals surface area contributed by atoms with Crippen LogP contribution < -0.4 is 20.7 Å². The first kappa shape index (κ1) is 22.5. The fourth-order valence-electron chi connectivity index (χ4n) is 4.78. The second-order valence-electron chi connectivity index (χ2n) is 8.64. The second kappa shape index (κ2) is 8.47. The van der Waals surface area contributed by atoms with Crippen LogP contribution in [0.1, 0.15) is 16.7 Å². The summed E-state index contributed by atoms with van der Waals surface area (Å²) >= 11 is 0. The predicted molar refractivity (Wildman–Crippen MR) is 137 cm³/mol. The van der Waals surface area contributed by atoms with Crippen LogP contribution in [-0.4, -0.2) is 33.3 Å². The van der Waals surface area contributed by atoms with Gasteiger partial charge in [0.25, 0.3) is 5.56 Å². The van der Waals surface area contributed by atoms with E-state index in [1.165, 1.54) is 7.11 Å². The van der Waals surface area contributed by atoms with Crippen LogP contribution in [0.15, 0.2) is 58.1 Å². The fraction of sp³-hybridized carbons (Fsp3) is 0.222. The van der Waals surface area contributed by atoms with Crippen LogP contribution in [0.4, 0.5) is 0 Å². The van der Waals surface area contributed by atoms with Crippen molar-refractivity contribution in [3.8, 4) is 22.9 Å². The lowest BCUT2D eigenvalue weighted by molar-refractivity contribution is 0.408. The zero-order valence-electron chi connectivity index (χ0n) is 20.3. The van der Waals surface area contributed by atoms with E-state index in [0.29, 0.717) is 40.1 Å². The van der Waals surface area contributed by atoms with Crippen LogP contribution in [0.3, 0.4) is 0 Å². The molecule has 8 nitrogen and oxygen atoms in total. The number of ether oxygens (including phenoxy) is 2. The fourth-order valence-corrected chi connectivity index (χ4v) is 4.78. The molecule has 3 aromatic carbocycles. The third-order valence-corrected chi connectivity index (χ3v) is 6.39. The smallest absolute Gasteiger partial charge is 0.329 e. The van der Waals surface area contributed by atoms with E-state index >= 15 is 0 Å². The van der Waals surface area contributed by atoms with Crippen LogP contribution in [0.5, 0.6) is 11.5 Å². The van der Waals surface area contributed by atoms with Crippen molar-refractivity contribution in [1.29, 1.82) is 0 Å². The maximum atomic E-state index is 13.4. The van der Waals surface area contributed by atoms with Crippen LogP contribution in [0.2, 0.25) is 0 Å². The number of benzene rings is 3. The Balaban J connectivity index is 1.87. The Bertz CT molecular complexity index is 1690. The van der Waals surface area contributed by atoms with Gasteiger partial charge in [-0.3, -0.25) is 13.9 Å². The Morgan fingerprint density at radius 1 is 0.971 bits per heavy atom. The lowest BCUT2D eigenvalue weighted by atomic mass is 10.0. The average Bonchev–Trinajstić information content (AvgIpc) is 3.08. The van der Waals surface area contributed by atoms with E-state index in [0.717, 1.165) is 28.0 Å². The summed E-state index contributed by atoms with van der Waals surface area (Å²) in [6.07, 6.45) is 0. The number of methoxy groups -OCH3 is 2. The van der Waals surface area contributed by atoms with Gasteiger partial charge in [0.05, 0.1) is 31.8 Å². The summed E-state index contributed by atoms with van der Waals surface area (Å²) in [6, 6.07) is 15.3. The molecule has 0 aliphatic carbocycles. The summed E-state index contributed by atoms with van der Waals surface area (Å²) < 4.78 is 14.3. The monoisotopic (exact) mass is 470 g/mol. The van der Waals surface area contributed by atoms with Crippen LogP contribution in [-0.2, 0) is 13.6 Å². The van der Waals surface area contributed by atoms with Crippen molar-refractivity contribution in [1.82, 2.24) is 19.1 Å². The number of aryl methyl sites for hydroxylation is 3. The zero-order chi connectivity index (χ0) is 24.9. The number of imidazole rings is 1. The maximum Gasteiger partial charge on any atom is 0.329 e. The lowest BCUT2D eigenvalue weighted by Gasteiger charge is -2.13. The molecular weight excluding hydrogens is 444 g/mol. The van der Waals surface area contributed by atoms with Gasteiger partial charge in [0.15, 0.2) is 0 Å². The molecule has 2 aromatic heterocycles. The molecule has 0 aliphatic heterocycles. The molecular formula is C27H26N4O4. The Hall–Kier alpha value is -4.33. The highest BCUT2D eigenvalue weighted by atomic mass is 16.5. The van der Waals surface area contributed by atoms with Crippen molar-refractivity contribution in [2.45, 2.75) is 20.4 Å². The first-order valence-electron chi connectivity index (χ1n) is 11.2. The van der Waals surface area contributed by atoms with Crippen LogP contribution in [0, 0.1) is 13.8 Å². The minimum absolute atomic E-state index is 0.196. The van der Waals surface area contributed by atoms with Crippen molar-refractivity contribution < 1.29 is 9.47 Å². The first-order chi connectivity index (χ1) is 16.8. The van der Waals surface area contributed by atoms with Crippen molar-refractivity contribution in [3.63, 3.8) is 0 Å². The van der Waals surface area contributed by atoms with Crippen LogP contribution >= 0.6 is 0 Å². The number of nitrogens with zero attached hydrogens (tertiary/aromatic N) is 3. The zero-order valence-corrected chi connectivity index (χ0v) is 20.3. The summed E-state index contributed by atoms with van der Waals surface area (Å²) in [5, 5.41) is 0.304. The van der Waals surface area contributed by atoms with Crippen LogP contribution in [0.25, 0.3) is 33.3 Å². The largest absolute Gasteiger partial charge is 0.496 e. The molecule has 2 heterocycles. The molecule has 0 fully saturated rings. The highest BCUT2D eigenvalue weighted by Crippen LogP contribution is 2.33. The van der Waals surface area contributed by atoms with E-state index in [4.69, 9.17) is 14.5 Å². The molecule has 1 N–H and O–H groups in total. The van der Waals surface area contributed by atoms with Gasteiger partial charge in [0.2, 0.25) is 0 Å². The van der Waals surface area contributed by atoms with Gasteiger partial charge < -0.3 is 14.5 Å². The molecule has 0 amide bonds. The number of hydrogen-bond donors (Lipinski definition) is 1. The molecule has 35 heavy (non-hydrogen) atoms. The van der Waals surface area contributed by atoms with E-state index in [9.17, 15) is 9.59 Å². The van der Waals surface area contributed by atoms with Crippen molar-refractivity contribution in [2.24, 2.45) is 7.05 Å². The molecule has 0 saturated carbocycles. The Morgan fingerprint density at radius 3 is 2.29 bits per heavy atom. The van der Waals surface area contributed by atoms with E-state index in [1.54, 1.807) is 29.4 Å². The third-order valence-electron chi connectivity index (χ3n) is 6.39. The molecule has 5 rings (SSSR count). The first-order valence-corrected chi connectivity index (χ1v) is 11.2. The highest BCUT2D eigenvalue weighted by molar-refractivity contribution is 6.05. The molecule has 178 valence electrons. The van der Waals surface area contributed by atoms with E-state index in [2.05, 4.69) is 4.98 Å². The Kier molecular flexibility index (Phi) is 5.43. The molecule has 8 heteroatoms. The minimum Gasteiger partial charge on any atom is -0.496 e. The molecule has 0 saturated heterocycles. The molecule has 0 aliphatic rings. The third kappa shape index (κ3) is 3.58. The number of fused-ring (bicyclic) bond motifs is 3. The van der Waals surface area contributed by atoms with Gasteiger partial charge in [-0.1, -0.05) is 30.3 Å². The summed E-state index contributed by atoms with van der Waals surface area (Å²) in [5.41, 5.74) is 4.70. The summed E-state index contributed by atoms with van der Waals surface area (Å²) in [5.74, 6) is 1.57. The quantitative estimate of drug-likeness (QED) is 0.420. The standard InChI is InChI=1S/C27H26N4O4/c1-15-11-18(12-16(2)24(15)35-5)25-28-22-21(26(32)29-25)20(34-4)13-19-23(22)31(27(33)30(19)3)14-17-9-7-6-8-10-17/h6-13H,14H2,1-5H3,(H,28,29,32). The molecule has 0 radical (unpaired) electrons. The summed E-state index contributed by atoms with van der Waals surface area (Å²) in [6.45, 7) is 4.25. The van der Waals surface area contributed by atoms with Gasteiger partial charge in [0, 0.05) is 18.7 Å². The molecule has 5 aromatic rings. The molecule has 0 atom stereocenters. The van der Waals surface area contributed by atoms with E-state index in [1.807, 2.05) is 56.3 Å². The topological polar surface area (TPSA) is 91.1 Å². The van der Waals surface area contributed by atoms with Gasteiger partial charge >= 0.3 is 5.69 Å². The number of aromatic nitrogens is 4. The van der Waals surface area contributed by atoms with Gasteiger partial charge in [-0.05, 0) is 42.7 Å². The van der Waals surface area contributed by atoms with Gasteiger partial charge in [0.1, 0.15) is 28.2 Å². The number of hydrogen-bond acceptors (Lipinski definition) is 5. The summed E-state index contributed by atoms with van der Waals surface area (Å²) in [7, 11) is 4.85. The second-order valence-corrected chi connectivity index (χ2v) is 8.64. The van der Waals surface area contributed by atoms with E-state index in [-0.39, 0.29) is 11.2 Å². The molecule has 0 spiro atoms. The summed E-state index contributed by atoms with van der Waals surface area (Å²) in [4.78, 5) is 34.4. The van der Waals surface area contributed by atoms with Gasteiger partial charge in [-0.15, -0.1) is 0 Å². The number of aromatic amines is 1. The lowest BCUT2D eigenvalue weighted by Crippen LogP contribution is -2.22. The normalized spacial score (nSPS) is 11.3. The Morgan fingerprint density at radius 2 is 1.66 bits per heavy atom. The molecule has 0 unspecified atom stereocenters. The molecule has 0 bridgehead atoms. The van der Waals surface area contributed by atoms with Crippen molar-refractivity contribution in [3.05, 3.63) is 86.1 Å². The van der Waals surface area contributed by atoms with Crippen molar-refractivity contribution >= 4 is 21.9 Å². The van der Waals surface area contributed by atoms with Crippen molar-refractivity contribution in [2.75, 3.05) is 14.2 Å². The minimum atomic E-state index is -0.336. The number of H-pyrrole nitrogens is 1. The maximum absolute atomic E-state index is 13.4. The number of nitrogens with one attached hydrogen (secondary N) is 1. The SMILES string of the molecule is COc1c(C)cc(-c2nc3c(c(OC)cc4c3n(Cc3ccccc3)c(=O)n4C)c(=O)[nH]2)cc1C.